The number of nitrogens with one attached hydrogen (secondary N) is 1. The molecule has 1 aromatic carbocycles. The Morgan fingerprint density at radius 3 is 2.65 bits per heavy atom. The molecule has 96 valence electrons. The second kappa shape index (κ2) is 6.60. The van der Waals surface area contributed by atoms with E-state index in [0.29, 0.717) is 11.7 Å². The molecule has 0 radical (unpaired) electrons. The van der Waals surface area contributed by atoms with Gasteiger partial charge < -0.3 is 10.1 Å². The van der Waals surface area contributed by atoms with Crippen LogP contribution in [0.3, 0.4) is 0 Å². The lowest BCUT2D eigenvalue weighted by Gasteiger charge is -2.18. The highest BCUT2D eigenvalue weighted by Crippen LogP contribution is 2.22. The molecule has 0 spiro atoms. The molecule has 0 aliphatic heterocycles. The van der Waals surface area contributed by atoms with Gasteiger partial charge in [-0.15, -0.1) is 0 Å². The number of benzene rings is 1. The number of halogens is 1. The lowest BCUT2D eigenvalue weighted by molar-refractivity contribution is 0.384. The third-order valence-electron chi connectivity index (χ3n) is 3.14. The Hall–Kier alpha value is -1.09. The summed E-state index contributed by atoms with van der Waals surface area (Å²) in [5.41, 5.74) is 1.05. The van der Waals surface area contributed by atoms with Crippen molar-refractivity contribution >= 4 is 0 Å². The first kappa shape index (κ1) is 14.0. The summed E-state index contributed by atoms with van der Waals surface area (Å²) in [5.74, 6) is 0.643. The molecule has 0 saturated carbocycles. The van der Waals surface area contributed by atoms with E-state index in [9.17, 15) is 4.39 Å². The summed E-state index contributed by atoms with van der Waals surface area (Å²) < 4.78 is 18.2. The van der Waals surface area contributed by atoms with Crippen LogP contribution in [0.1, 0.15) is 38.8 Å². The monoisotopic (exact) mass is 239 g/mol. The van der Waals surface area contributed by atoms with E-state index >= 15 is 0 Å². The van der Waals surface area contributed by atoms with Gasteiger partial charge in [-0.3, -0.25) is 0 Å². The largest absolute Gasteiger partial charge is 0.494 e. The average Bonchev–Trinajstić information content (AvgIpc) is 2.35. The van der Waals surface area contributed by atoms with E-state index in [0.717, 1.165) is 18.5 Å². The molecule has 0 aliphatic carbocycles. The van der Waals surface area contributed by atoms with E-state index in [4.69, 9.17) is 4.74 Å². The summed E-state index contributed by atoms with van der Waals surface area (Å²) in [6.45, 7) is 7.44. The minimum atomic E-state index is -0.314. The Labute approximate surface area is 103 Å². The SMILES string of the molecule is CCC(C)CNC(C)c1ccc(F)c(OC)c1. The topological polar surface area (TPSA) is 21.3 Å². The van der Waals surface area contributed by atoms with Gasteiger partial charge in [0.1, 0.15) is 0 Å². The fraction of sp³-hybridized carbons (Fsp3) is 0.571. The summed E-state index contributed by atoms with van der Waals surface area (Å²) in [6.07, 6.45) is 1.16. The predicted octanol–water partition coefficient (Wildman–Crippen LogP) is 3.53. The molecule has 0 fully saturated rings. The van der Waals surface area contributed by atoms with Crippen LogP contribution in [0, 0.1) is 11.7 Å². The maximum Gasteiger partial charge on any atom is 0.165 e. The molecule has 2 nitrogen and oxygen atoms in total. The fourth-order valence-corrected chi connectivity index (χ4v) is 1.59. The Morgan fingerprint density at radius 1 is 1.35 bits per heavy atom. The van der Waals surface area contributed by atoms with Crippen molar-refractivity contribution in [3.63, 3.8) is 0 Å². The molecule has 0 bridgehead atoms. The highest BCUT2D eigenvalue weighted by atomic mass is 19.1. The molecule has 1 rings (SSSR count). The molecule has 2 atom stereocenters. The van der Waals surface area contributed by atoms with Gasteiger partial charge in [0.15, 0.2) is 11.6 Å². The first-order valence-corrected chi connectivity index (χ1v) is 6.15. The van der Waals surface area contributed by atoms with Crippen molar-refractivity contribution in [3.05, 3.63) is 29.6 Å². The van der Waals surface area contributed by atoms with Crippen molar-refractivity contribution in [3.8, 4) is 5.75 Å². The van der Waals surface area contributed by atoms with Gasteiger partial charge >= 0.3 is 0 Å². The number of methoxy groups -OCH3 is 1. The molecule has 0 aliphatic rings. The third-order valence-corrected chi connectivity index (χ3v) is 3.14. The Kier molecular flexibility index (Phi) is 5.42. The van der Waals surface area contributed by atoms with Crippen molar-refractivity contribution in [1.29, 1.82) is 0 Å². The van der Waals surface area contributed by atoms with Gasteiger partial charge in [-0.2, -0.15) is 0 Å². The normalized spacial score (nSPS) is 14.4. The maximum absolute atomic E-state index is 13.3. The summed E-state index contributed by atoms with van der Waals surface area (Å²) in [5, 5.41) is 3.44. The van der Waals surface area contributed by atoms with Crippen molar-refractivity contribution < 1.29 is 9.13 Å². The van der Waals surface area contributed by atoms with Crippen molar-refractivity contribution in [2.24, 2.45) is 5.92 Å². The zero-order valence-corrected chi connectivity index (χ0v) is 11.1. The molecule has 0 aromatic heterocycles. The van der Waals surface area contributed by atoms with E-state index in [2.05, 4.69) is 26.1 Å². The number of rotatable bonds is 6. The Morgan fingerprint density at radius 2 is 2.06 bits per heavy atom. The number of hydrogen-bond donors (Lipinski definition) is 1. The molecule has 0 saturated heterocycles. The standard InChI is InChI=1S/C14H22FNO/c1-5-10(2)9-16-11(3)12-6-7-13(15)14(8-12)17-4/h6-8,10-11,16H,5,9H2,1-4H3. The minimum Gasteiger partial charge on any atom is -0.494 e. The van der Waals surface area contributed by atoms with E-state index in [1.165, 1.54) is 13.2 Å². The van der Waals surface area contributed by atoms with E-state index in [1.54, 1.807) is 12.1 Å². The Balaban J connectivity index is 2.65. The average molecular weight is 239 g/mol. The first-order valence-electron chi connectivity index (χ1n) is 6.15. The van der Waals surface area contributed by atoms with Gasteiger partial charge in [0.25, 0.3) is 0 Å². The van der Waals surface area contributed by atoms with E-state index in [-0.39, 0.29) is 11.9 Å². The summed E-state index contributed by atoms with van der Waals surface area (Å²) in [7, 11) is 1.49. The van der Waals surface area contributed by atoms with E-state index < -0.39 is 0 Å². The van der Waals surface area contributed by atoms with E-state index in [1.807, 2.05) is 0 Å². The number of ether oxygens (including phenoxy) is 1. The van der Waals surface area contributed by atoms with Crippen LogP contribution in [-0.2, 0) is 0 Å². The summed E-state index contributed by atoms with van der Waals surface area (Å²) in [4.78, 5) is 0. The third kappa shape index (κ3) is 4.00. The van der Waals surface area contributed by atoms with Crippen LogP contribution in [0.5, 0.6) is 5.75 Å². The lowest BCUT2D eigenvalue weighted by atomic mass is 10.1. The molecule has 1 N–H and O–H groups in total. The Bertz CT molecular complexity index is 354. The van der Waals surface area contributed by atoms with Crippen LogP contribution in [-0.4, -0.2) is 13.7 Å². The van der Waals surface area contributed by atoms with Gasteiger partial charge in [0.05, 0.1) is 7.11 Å². The van der Waals surface area contributed by atoms with Gasteiger partial charge in [-0.05, 0) is 37.1 Å². The zero-order valence-electron chi connectivity index (χ0n) is 11.1. The van der Waals surface area contributed by atoms with Gasteiger partial charge in [-0.1, -0.05) is 26.3 Å². The highest BCUT2D eigenvalue weighted by Gasteiger charge is 2.10. The molecule has 2 unspecified atom stereocenters. The molecular weight excluding hydrogens is 217 g/mol. The zero-order chi connectivity index (χ0) is 12.8. The summed E-state index contributed by atoms with van der Waals surface area (Å²) >= 11 is 0. The van der Waals surface area contributed by atoms with Crippen molar-refractivity contribution in [2.75, 3.05) is 13.7 Å². The van der Waals surface area contributed by atoms with Crippen molar-refractivity contribution in [2.45, 2.75) is 33.2 Å². The quantitative estimate of drug-likeness (QED) is 0.820. The molecule has 17 heavy (non-hydrogen) atoms. The second-order valence-corrected chi connectivity index (χ2v) is 4.54. The van der Waals surface area contributed by atoms with Gasteiger partial charge in [-0.25, -0.2) is 4.39 Å². The van der Waals surface area contributed by atoms with Gasteiger partial charge in [0.2, 0.25) is 0 Å². The fourth-order valence-electron chi connectivity index (χ4n) is 1.59. The van der Waals surface area contributed by atoms with Crippen LogP contribution in [0.4, 0.5) is 4.39 Å². The lowest BCUT2D eigenvalue weighted by Crippen LogP contribution is -2.24. The number of hydrogen-bond acceptors (Lipinski definition) is 2. The molecule has 1 aromatic rings. The smallest absolute Gasteiger partial charge is 0.165 e. The molecular formula is C14H22FNO. The maximum atomic E-state index is 13.3. The van der Waals surface area contributed by atoms with Crippen LogP contribution in [0.15, 0.2) is 18.2 Å². The molecule has 0 heterocycles. The highest BCUT2D eigenvalue weighted by molar-refractivity contribution is 5.31. The van der Waals surface area contributed by atoms with Crippen LogP contribution in [0.2, 0.25) is 0 Å². The van der Waals surface area contributed by atoms with Crippen LogP contribution < -0.4 is 10.1 Å². The first-order chi connectivity index (χ1) is 8.08. The summed E-state index contributed by atoms with van der Waals surface area (Å²) in [6, 6.07) is 5.21. The minimum absolute atomic E-state index is 0.207. The van der Waals surface area contributed by atoms with Crippen molar-refractivity contribution in [1.82, 2.24) is 5.32 Å². The molecule has 3 heteroatoms. The predicted molar refractivity (Wildman–Crippen MR) is 68.8 cm³/mol. The van der Waals surface area contributed by atoms with Crippen LogP contribution >= 0.6 is 0 Å². The molecule has 0 amide bonds. The van der Waals surface area contributed by atoms with Crippen LogP contribution in [0.25, 0.3) is 0 Å². The second-order valence-electron chi connectivity index (χ2n) is 4.54. The van der Waals surface area contributed by atoms with Gasteiger partial charge in [0, 0.05) is 6.04 Å².